The van der Waals surface area contributed by atoms with E-state index in [2.05, 4.69) is 0 Å². The summed E-state index contributed by atoms with van der Waals surface area (Å²) in [6.45, 7) is -1.31. The lowest BCUT2D eigenvalue weighted by Gasteiger charge is -2.15. The van der Waals surface area contributed by atoms with Gasteiger partial charge in [-0.2, -0.15) is 13.2 Å². The highest BCUT2D eigenvalue weighted by molar-refractivity contribution is 5.73. The first-order valence-electron chi connectivity index (χ1n) is 4.95. The van der Waals surface area contributed by atoms with Gasteiger partial charge in [0.05, 0.1) is 6.54 Å². The Morgan fingerprint density at radius 3 is 2.35 bits per heavy atom. The Hall–Kier alpha value is -1.56. The predicted molar refractivity (Wildman–Crippen MR) is 55.6 cm³/mol. The van der Waals surface area contributed by atoms with E-state index in [-0.39, 0.29) is 6.42 Å². The van der Waals surface area contributed by atoms with Crippen LogP contribution in [-0.4, -0.2) is 29.8 Å². The van der Waals surface area contributed by atoms with Crippen molar-refractivity contribution >= 4 is 5.97 Å². The Morgan fingerprint density at radius 2 is 1.88 bits per heavy atom. The lowest BCUT2D eigenvalue weighted by atomic mass is 10.1. The van der Waals surface area contributed by atoms with Crippen molar-refractivity contribution in [2.75, 3.05) is 6.54 Å². The van der Waals surface area contributed by atoms with Gasteiger partial charge < -0.3 is 5.11 Å². The Bertz CT molecular complexity index is 365. The number of carboxylic acids is 1. The second-order valence-electron chi connectivity index (χ2n) is 3.58. The number of aliphatic carboxylic acids is 1. The first-order valence-corrected chi connectivity index (χ1v) is 4.95. The second-order valence-corrected chi connectivity index (χ2v) is 3.58. The monoisotopic (exact) mass is 247 g/mol. The molecule has 1 aromatic rings. The maximum atomic E-state index is 12.0. The molecule has 0 aliphatic heterocycles. The van der Waals surface area contributed by atoms with Gasteiger partial charge in [0.25, 0.3) is 0 Å². The van der Waals surface area contributed by atoms with Crippen molar-refractivity contribution in [3.05, 3.63) is 35.9 Å². The van der Waals surface area contributed by atoms with E-state index in [1.54, 1.807) is 30.3 Å². The van der Waals surface area contributed by atoms with Gasteiger partial charge in [0.2, 0.25) is 0 Å². The minimum absolute atomic E-state index is 0.0201. The number of hydrogen-bond acceptors (Lipinski definition) is 2. The fourth-order valence-electron chi connectivity index (χ4n) is 1.34. The zero-order valence-electron chi connectivity index (χ0n) is 8.87. The van der Waals surface area contributed by atoms with E-state index < -0.39 is 24.7 Å². The summed E-state index contributed by atoms with van der Waals surface area (Å²) in [5, 5.41) is 10.8. The van der Waals surface area contributed by atoms with Gasteiger partial charge in [-0.25, -0.2) is 0 Å². The molecular weight excluding hydrogens is 235 g/mol. The maximum Gasteiger partial charge on any atom is 0.401 e. The van der Waals surface area contributed by atoms with Crippen LogP contribution in [0, 0.1) is 0 Å². The smallest absolute Gasteiger partial charge is 0.401 e. The molecule has 0 saturated heterocycles. The van der Waals surface area contributed by atoms with Gasteiger partial charge in [-0.15, -0.1) is 0 Å². The first kappa shape index (κ1) is 13.5. The molecule has 6 heteroatoms. The summed E-state index contributed by atoms with van der Waals surface area (Å²) in [7, 11) is 0. The summed E-state index contributed by atoms with van der Waals surface area (Å²) in [4.78, 5) is 10.8. The fraction of sp³-hybridized carbons (Fsp3) is 0.364. The van der Waals surface area contributed by atoms with Crippen LogP contribution in [0.3, 0.4) is 0 Å². The molecule has 0 heterocycles. The van der Waals surface area contributed by atoms with Gasteiger partial charge in [-0.3, -0.25) is 10.1 Å². The third-order valence-electron chi connectivity index (χ3n) is 2.13. The van der Waals surface area contributed by atoms with Gasteiger partial charge in [0.15, 0.2) is 0 Å². The minimum atomic E-state index is -4.41. The largest absolute Gasteiger partial charge is 0.480 e. The van der Waals surface area contributed by atoms with E-state index in [9.17, 15) is 18.0 Å². The second kappa shape index (κ2) is 5.67. The summed E-state index contributed by atoms with van der Waals surface area (Å²) in [5.74, 6) is -1.29. The van der Waals surface area contributed by atoms with E-state index in [0.29, 0.717) is 5.56 Å². The number of halogens is 3. The van der Waals surface area contributed by atoms with E-state index in [1.165, 1.54) is 0 Å². The Labute approximate surface area is 96.3 Å². The highest BCUT2D eigenvalue weighted by atomic mass is 19.4. The summed E-state index contributed by atoms with van der Waals surface area (Å²) < 4.78 is 35.9. The molecule has 0 aliphatic carbocycles. The number of alkyl halides is 3. The fourth-order valence-corrected chi connectivity index (χ4v) is 1.34. The van der Waals surface area contributed by atoms with E-state index in [0.717, 1.165) is 0 Å². The molecule has 0 saturated carbocycles. The molecular formula is C11H12F3NO2. The van der Waals surface area contributed by atoms with Gasteiger partial charge in [-0.1, -0.05) is 30.3 Å². The van der Waals surface area contributed by atoms with Crippen molar-refractivity contribution < 1.29 is 23.1 Å². The SMILES string of the molecule is O=C(O)C(Cc1ccccc1)NCC(F)(F)F. The standard InChI is InChI=1S/C11H12F3NO2/c12-11(13,14)7-15-9(10(16)17)6-8-4-2-1-3-5-8/h1-5,9,15H,6-7H2,(H,16,17). The zero-order chi connectivity index (χ0) is 12.9. The van der Waals surface area contributed by atoms with Crippen LogP contribution in [0.1, 0.15) is 5.56 Å². The molecule has 0 amide bonds. The third kappa shape index (κ3) is 5.35. The molecule has 94 valence electrons. The molecule has 1 aromatic carbocycles. The highest BCUT2D eigenvalue weighted by Crippen LogP contribution is 2.13. The van der Waals surface area contributed by atoms with Crippen molar-refractivity contribution in [3.63, 3.8) is 0 Å². The van der Waals surface area contributed by atoms with Crippen molar-refractivity contribution in [1.29, 1.82) is 0 Å². The molecule has 0 fully saturated rings. The van der Waals surface area contributed by atoms with Crippen molar-refractivity contribution in [2.24, 2.45) is 0 Å². The van der Waals surface area contributed by atoms with Crippen LogP contribution < -0.4 is 5.32 Å². The molecule has 0 radical (unpaired) electrons. The van der Waals surface area contributed by atoms with Crippen LogP contribution >= 0.6 is 0 Å². The van der Waals surface area contributed by atoms with Crippen LogP contribution in [0.15, 0.2) is 30.3 Å². The molecule has 0 bridgehead atoms. The Balaban J connectivity index is 2.59. The quantitative estimate of drug-likeness (QED) is 0.834. The Kier molecular flexibility index (Phi) is 4.51. The number of carboxylic acid groups (broad SMARTS) is 1. The van der Waals surface area contributed by atoms with Crippen LogP contribution in [0.2, 0.25) is 0 Å². The minimum Gasteiger partial charge on any atom is -0.480 e. The van der Waals surface area contributed by atoms with E-state index in [4.69, 9.17) is 5.11 Å². The molecule has 0 aliphatic rings. The van der Waals surface area contributed by atoms with Gasteiger partial charge in [-0.05, 0) is 12.0 Å². The molecule has 1 atom stereocenters. The number of rotatable bonds is 5. The number of benzene rings is 1. The van der Waals surface area contributed by atoms with Crippen LogP contribution in [0.5, 0.6) is 0 Å². The number of hydrogen-bond donors (Lipinski definition) is 2. The van der Waals surface area contributed by atoms with E-state index in [1.807, 2.05) is 5.32 Å². The third-order valence-corrected chi connectivity index (χ3v) is 2.13. The van der Waals surface area contributed by atoms with Crippen LogP contribution in [0.25, 0.3) is 0 Å². The summed E-state index contributed by atoms with van der Waals surface area (Å²) in [6.07, 6.45) is -4.39. The lowest BCUT2D eigenvalue weighted by molar-refractivity contribution is -0.143. The zero-order valence-corrected chi connectivity index (χ0v) is 8.87. The normalized spacial score (nSPS) is 13.4. The molecule has 0 aromatic heterocycles. The van der Waals surface area contributed by atoms with Gasteiger partial charge in [0.1, 0.15) is 6.04 Å². The molecule has 17 heavy (non-hydrogen) atoms. The van der Waals surface area contributed by atoms with Crippen molar-refractivity contribution in [3.8, 4) is 0 Å². The van der Waals surface area contributed by atoms with Crippen LogP contribution in [-0.2, 0) is 11.2 Å². The van der Waals surface area contributed by atoms with Gasteiger partial charge >= 0.3 is 12.1 Å². The van der Waals surface area contributed by atoms with Gasteiger partial charge in [0, 0.05) is 0 Å². The Morgan fingerprint density at radius 1 is 1.29 bits per heavy atom. The molecule has 2 N–H and O–H groups in total. The summed E-state index contributed by atoms with van der Waals surface area (Å²) >= 11 is 0. The first-order chi connectivity index (χ1) is 7.88. The summed E-state index contributed by atoms with van der Waals surface area (Å²) in [5.41, 5.74) is 0.676. The molecule has 0 spiro atoms. The topological polar surface area (TPSA) is 49.3 Å². The van der Waals surface area contributed by atoms with Crippen molar-refractivity contribution in [2.45, 2.75) is 18.6 Å². The van der Waals surface area contributed by atoms with Crippen molar-refractivity contribution in [1.82, 2.24) is 5.32 Å². The predicted octanol–water partition coefficient (Wildman–Crippen LogP) is 1.83. The van der Waals surface area contributed by atoms with E-state index >= 15 is 0 Å². The average molecular weight is 247 g/mol. The highest BCUT2D eigenvalue weighted by Gasteiger charge is 2.29. The number of carbonyl (C=O) groups is 1. The molecule has 3 nitrogen and oxygen atoms in total. The lowest BCUT2D eigenvalue weighted by Crippen LogP contribution is -2.43. The molecule has 1 unspecified atom stereocenters. The maximum absolute atomic E-state index is 12.0. The average Bonchev–Trinajstić information content (AvgIpc) is 2.24. The molecule has 1 rings (SSSR count). The number of nitrogens with one attached hydrogen (secondary N) is 1. The summed E-state index contributed by atoms with van der Waals surface area (Å²) in [6, 6.07) is 7.27. The van der Waals surface area contributed by atoms with Crippen LogP contribution in [0.4, 0.5) is 13.2 Å².